The zero-order valence-electron chi connectivity index (χ0n) is 11.9. The third-order valence-electron chi connectivity index (χ3n) is 3.63. The Morgan fingerprint density at radius 2 is 1.50 bits per heavy atom. The summed E-state index contributed by atoms with van der Waals surface area (Å²) in [7, 11) is 1.73. The van der Waals surface area contributed by atoms with Crippen LogP contribution in [-0.2, 0) is 10.2 Å². The van der Waals surface area contributed by atoms with Gasteiger partial charge in [-0.15, -0.1) is 5.73 Å². The molecule has 102 valence electrons. The summed E-state index contributed by atoms with van der Waals surface area (Å²) in [4.78, 5) is 0. The van der Waals surface area contributed by atoms with Gasteiger partial charge in [0.1, 0.15) is 0 Å². The molecular weight excluding hydrogens is 244 g/mol. The van der Waals surface area contributed by atoms with Crippen LogP contribution in [0.1, 0.15) is 17.5 Å². The minimum atomic E-state index is -0.236. The monoisotopic (exact) mass is 264 g/mol. The van der Waals surface area contributed by atoms with Gasteiger partial charge in [-0.05, 0) is 23.6 Å². The zero-order valence-corrected chi connectivity index (χ0v) is 11.9. The molecule has 0 saturated heterocycles. The summed E-state index contributed by atoms with van der Waals surface area (Å²) >= 11 is 0. The van der Waals surface area contributed by atoms with Crippen LogP contribution in [0.25, 0.3) is 0 Å². The van der Waals surface area contributed by atoms with E-state index < -0.39 is 0 Å². The van der Waals surface area contributed by atoms with Gasteiger partial charge in [0.2, 0.25) is 0 Å². The van der Waals surface area contributed by atoms with Gasteiger partial charge in [-0.25, -0.2) is 0 Å². The molecule has 1 nitrogen and oxygen atoms in total. The maximum absolute atomic E-state index is 5.32. The molecule has 1 heteroatoms. The SMILES string of the molecule is C=C=CC(CCOC)(c1ccccc1)c1ccccc1. The largest absolute Gasteiger partial charge is 0.385 e. The van der Waals surface area contributed by atoms with Crippen LogP contribution in [-0.4, -0.2) is 13.7 Å². The molecule has 0 saturated carbocycles. The molecule has 2 aromatic rings. The number of methoxy groups -OCH3 is 1. The second-order valence-corrected chi connectivity index (χ2v) is 4.79. The van der Waals surface area contributed by atoms with E-state index in [1.807, 2.05) is 12.1 Å². The number of benzene rings is 2. The van der Waals surface area contributed by atoms with E-state index in [0.29, 0.717) is 6.61 Å². The van der Waals surface area contributed by atoms with Gasteiger partial charge < -0.3 is 4.74 Å². The van der Waals surface area contributed by atoms with Gasteiger partial charge in [0, 0.05) is 19.1 Å². The molecule has 0 radical (unpaired) electrons. The van der Waals surface area contributed by atoms with Crippen molar-refractivity contribution in [3.05, 3.63) is 90.2 Å². The van der Waals surface area contributed by atoms with Crippen LogP contribution < -0.4 is 0 Å². The second-order valence-electron chi connectivity index (χ2n) is 4.79. The van der Waals surface area contributed by atoms with Gasteiger partial charge in [-0.2, -0.15) is 0 Å². The molecule has 0 unspecified atom stereocenters. The minimum Gasteiger partial charge on any atom is -0.385 e. The van der Waals surface area contributed by atoms with Gasteiger partial charge in [-0.1, -0.05) is 67.2 Å². The molecule has 0 N–H and O–H groups in total. The predicted molar refractivity (Wildman–Crippen MR) is 83.9 cm³/mol. The van der Waals surface area contributed by atoms with E-state index in [9.17, 15) is 0 Å². The lowest BCUT2D eigenvalue weighted by Crippen LogP contribution is -2.26. The first-order chi connectivity index (χ1) is 9.83. The van der Waals surface area contributed by atoms with E-state index in [2.05, 4.69) is 66.9 Å². The molecule has 0 aliphatic heterocycles. The summed E-state index contributed by atoms with van der Waals surface area (Å²) in [5.74, 6) is 0. The Hall–Kier alpha value is -2.08. The van der Waals surface area contributed by atoms with Crippen LogP contribution in [0, 0.1) is 0 Å². The lowest BCUT2D eigenvalue weighted by atomic mass is 9.72. The summed E-state index contributed by atoms with van der Waals surface area (Å²) in [6.45, 7) is 4.47. The van der Waals surface area contributed by atoms with Crippen LogP contribution in [0.15, 0.2) is 79.0 Å². The fraction of sp³-hybridized carbons (Fsp3) is 0.211. The fourth-order valence-electron chi connectivity index (χ4n) is 2.60. The Labute approximate surface area is 121 Å². The van der Waals surface area contributed by atoms with Crippen molar-refractivity contribution >= 4 is 0 Å². The molecule has 0 heterocycles. The molecule has 0 aliphatic carbocycles. The Morgan fingerprint density at radius 1 is 1.00 bits per heavy atom. The van der Waals surface area contributed by atoms with Crippen molar-refractivity contribution < 1.29 is 4.74 Å². The third kappa shape index (κ3) is 2.91. The highest BCUT2D eigenvalue weighted by molar-refractivity contribution is 5.44. The highest BCUT2D eigenvalue weighted by Crippen LogP contribution is 2.36. The van der Waals surface area contributed by atoms with E-state index in [0.717, 1.165) is 6.42 Å². The molecule has 0 atom stereocenters. The fourth-order valence-corrected chi connectivity index (χ4v) is 2.60. The first-order valence-electron chi connectivity index (χ1n) is 6.80. The number of allylic oxidation sites excluding steroid dienone is 1. The minimum absolute atomic E-state index is 0.236. The van der Waals surface area contributed by atoms with Gasteiger partial charge in [0.15, 0.2) is 0 Å². The topological polar surface area (TPSA) is 9.23 Å². The summed E-state index contributed by atoms with van der Waals surface area (Å²) in [6, 6.07) is 20.9. The summed E-state index contributed by atoms with van der Waals surface area (Å²) < 4.78 is 5.32. The van der Waals surface area contributed by atoms with E-state index in [-0.39, 0.29) is 5.41 Å². The molecule has 0 aromatic heterocycles. The Kier molecular flexibility index (Phi) is 4.95. The van der Waals surface area contributed by atoms with Crippen LogP contribution in [0.4, 0.5) is 0 Å². The van der Waals surface area contributed by atoms with Crippen LogP contribution in [0.5, 0.6) is 0 Å². The van der Waals surface area contributed by atoms with E-state index in [1.54, 1.807) is 7.11 Å². The summed E-state index contributed by atoms with van der Waals surface area (Å²) in [5.41, 5.74) is 5.22. The normalized spacial score (nSPS) is 10.8. The first kappa shape index (κ1) is 14.3. The Bertz CT molecular complexity index is 526. The first-order valence-corrected chi connectivity index (χ1v) is 6.80. The zero-order chi connectivity index (χ0) is 14.3. The van der Waals surface area contributed by atoms with Crippen molar-refractivity contribution in [1.82, 2.24) is 0 Å². The Balaban J connectivity index is 2.59. The van der Waals surface area contributed by atoms with Crippen molar-refractivity contribution in [2.75, 3.05) is 13.7 Å². The lowest BCUT2D eigenvalue weighted by molar-refractivity contribution is 0.183. The van der Waals surface area contributed by atoms with E-state index in [1.165, 1.54) is 11.1 Å². The number of rotatable bonds is 6. The predicted octanol–water partition coefficient (Wildman–Crippen LogP) is 4.35. The average molecular weight is 264 g/mol. The molecule has 0 fully saturated rings. The molecule has 2 rings (SSSR count). The van der Waals surface area contributed by atoms with Crippen molar-refractivity contribution in [2.24, 2.45) is 0 Å². The molecule has 0 amide bonds. The van der Waals surface area contributed by atoms with Gasteiger partial charge in [0.05, 0.1) is 0 Å². The van der Waals surface area contributed by atoms with Gasteiger partial charge >= 0.3 is 0 Å². The summed E-state index contributed by atoms with van der Waals surface area (Å²) in [6.07, 6.45) is 2.91. The van der Waals surface area contributed by atoms with Crippen LogP contribution in [0.3, 0.4) is 0 Å². The van der Waals surface area contributed by atoms with Crippen molar-refractivity contribution in [3.8, 4) is 0 Å². The van der Waals surface area contributed by atoms with E-state index >= 15 is 0 Å². The van der Waals surface area contributed by atoms with Gasteiger partial charge in [-0.3, -0.25) is 0 Å². The number of hydrogen-bond donors (Lipinski definition) is 0. The number of ether oxygens (including phenoxy) is 1. The Morgan fingerprint density at radius 3 is 1.90 bits per heavy atom. The van der Waals surface area contributed by atoms with Gasteiger partial charge in [0.25, 0.3) is 0 Å². The molecule has 0 spiro atoms. The lowest BCUT2D eigenvalue weighted by Gasteiger charge is -2.31. The molecule has 2 aromatic carbocycles. The van der Waals surface area contributed by atoms with E-state index in [4.69, 9.17) is 4.74 Å². The molecule has 20 heavy (non-hydrogen) atoms. The average Bonchev–Trinajstić information content (AvgIpc) is 2.53. The standard InChI is InChI=1S/C19H20O/c1-3-14-19(15-16-20-2,17-10-6-4-7-11-17)18-12-8-5-9-13-18/h4-14H,1,15-16H2,2H3. The molecule has 0 bridgehead atoms. The summed E-state index contributed by atoms with van der Waals surface area (Å²) in [5, 5.41) is 0. The van der Waals surface area contributed by atoms with Crippen molar-refractivity contribution in [2.45, 2.75) is 11.8 Å². The molecular formula is C19H20O. The molecule has 0 aliphatic rings. The van der Waals surface area contributed by atoms with Crippen molar-refractivity contribution in [1.29, 1.82) is 0 Å². The smallest absolute Gasteiger partial charge is 0.0477 e. The quantitative estimate of drug-likeness (QED) is 0.705. The highest BCUT2D eigenvalue weighted by Gasteiger charge is 2.31. The maximum atomic E-state index is 5.32. The van der Waals surface area contributed by atoms with Crippen LogP contribution in [0.2, 0.25) is 0 Å². The van der Waals surface area contributed by atoms with Crippen LogP contribution >= 0.6 is 0 Å². The number of hydrogen-bond acceptors (Lipinski definition) is 1. The second kappa shape index (κ2) is 6.91. The van der Waals surface area contributed by atoms with Crippen molar-refractivity contribution in [3.63, 3.8) is 0 Å². The highest BCUT2D eigenvalue weighted by atomic mass is 16.5. The third-order valence-corrected chi connectivity index (χ3v) is 3.63. The maximum Gasteiger partial charge on any atom is 0.0477 e.